The van der Waals surface area contributed by atoms with E-state index in [1.165, 1.54) is 5.69 Å². The maximum Gasteiger partial charge on any atom is 0.327 e. The molecule has 2 aliphatic heterocycles. The number of carbonyl (C=O) groups is 2. The molecular formula is C22H27BrN4O3S. The van der Waals surface area contributed by atoms with E-state index in [0.717, 1.165) is 35.3 Å². The first-order valence-electron chi connectivity index (χ1n) is 10.3. The molecule has 1 unspecified atom stereocenters. The van der Waals surface area contributed by atoms with Gasteiger partial charge in [0.25, 0.3) is 0 Å². The number of carboxylic acids is 1. The fraction of sp³-hybridized carbons (Fsp3) is 0.409. The number of hydrogen-bond acceptors (Lipinski definition) is 6. The lowest BCUT2D eigenvalue weighted by Gasteiger charge is -2.39. The van der Waals surface area contributed by atoms with E-state index in [1.54, 1.807) is 17.3 Å². The normalized spacial score (nSPS) is 19.5. The highest BCUT2D eigenvalue weighted by Gasteiger charge is 2.35. The number of nitrogens with zero attached hydrogens (tertiary/aromatic N) is 3. The maximum absolute atomic E-state index is 12.1. The predicted molar refractivity (Wildman–Crippen MR) is 127 cm³/mol. The van der Waals surface area contributed by atoms with Gasteiger partial charge in [0.15, 0.2) is 0 Å². The van der Waals surface area contributed by atoms with E-state index >= 15 is 0 Å². The third-order valence-corrected chi connectivity index (χ3v) is 6.35. The SMILES string of the molecule is O=C(O)C1CNCC(=O)N1CC1CCN(c2ccncc2)CC1.Sc1ccc(Br)cc1. The van der Waals surface area contributed by atoms with Crippen LogP contribution in [0.3, 0.4) is 0 Å². The molecule has 0 bridgehead atoms. The van der Waals surface area contributed by atoms with E-state index in [2.05, 4.69) is 43.8 Å². The Morgan fingerprint density at radius 1 is 1.16 bits per heavy atom. The van der Waals surface area contributed by atoms with Gasteiger partial charge in [-0.2, -0.15) is 0 Å². The lowest BCUT2D eigenvalue weighted by atomic mass is 9.94. The molecule has 166 valence electrons. The number of anilines is 1. The molecular weight excluding hydrogens is 480 g/mol. The Morgan fingerprint density at radius 3 is 2.39 bits per heavy atom. The summed E-state index contributed by atoms with van der Waals surface area (Å²) in [6.07, 6.45) is 5.51. The first-order valence-corrected chi connectivity index (χ1v) is 11.5. The predicted octanol–water partition coefficient (Wildman–Crippen LogP) is 2.92. The lowest BCUT2D eigenvalue weighted by molar-refractivity contribution is -0.152. The van der Waals surface area contributed by atoms with Crippen LogP contribution in [-0.2, 0) is 9.59 Å². The Balaban J connectivity index is 0.000000287. The second kappa shape index (κ2) is 11.5. The Labute approximate surface area is 196 Å². The van der Waals surface area contributed by atoms with E-state index in [1.807, 2.05) is 36.4 Å². The molecule has 0 saturated carbocycles. The van der Waals surface area contributed by atoms with Gasteiger partial charge in [0.05, 0.1) is 6.54 Å². The summed E-state index contributed by atoms with van der Waals surface area (Å²) in [5.41, 5.74) is 1.17. The van der Waals surface area contributed by atoms with Gasteiger partial charge in [-0.25, -0.2) is 4.79 Å². The van der Waals surface area contributed by atoms with Crippen molar-refractivity contribution in [2.24, 2.45) is 5.92 Å². The Morgan fingerprint density at radius 2 is 1.81 bits per heavy atom. The minimum Gasteiger partial charge on any atom is -0.480 e. The van der Waals surface area contributed by atoms with Crippen LogP contribution in [0.5, 0.6) is 0 Å². The van der Waals surface area contributed by atoms with Gasteiger partial charge in [-0.3, -0.25) is 9.78 Å². The largest absolute Gasteiger partial charge is 0.480 e. The van der Waals surface area contributed by atoms with Crippen molar-refractivity contribution >= 4 is 46.1 Å². The molecule has 1 aromatic carbocycles. The first-order chi connectivity index (χ1) is 14.9. The zero-order valence-corrected chi connectivity index (χ0v) is 19.6. The van der Waals surface area contributed by atoms with Crippen molar-refractivity contribution in [3.63, 3.8) is 0 Å². The molecule has 2 aliphatic rings. The second-order valence-electron chi connectivity index (χ2n) is 7.64. The minimum atomic E-state index is -0.931. The molecule has 31 heavy (non-hydrogen) atoms. The monoisotopic (exact) mass is 506 g/mol. The van der Waals surface area contributed by atoms with Crippen molar-refractivity contribution < 1.29 is 14.7 Å². The number of carbonyl (C=O) groups excluding carboxylic acids is 1. The Hall–Kier alpha value is -2.10. The minimum absolute atomic E-state index is 0.111. The Kier molecular flexibility index (Phi) is 8.74. The molecule has 4 rings (SSSR count). The first kappa shape index (κ1) is 23.6. The molecule has 9 heteroatoms. The average Bonchev–Trinajstić information content (AvgIpc) is 2.78. The van der Waals surface area contributed by atoms with E-state index < -0.39 is 12.0 Å². The zero-order valence-electron chi connectivity index (χ0n) is 17.2. The second-order valence-corrected chi connectivity index (χ2v) is 9.08. The number of aliphatic carboxylic acids is 1. The summed E-state index contributed by atoms with van der Waals surface area (Å²) in [7, 11) is 0. The van der Waals surface area contributed by atoms with Crippen LogP contribution in [0, 0.1) is 5.92 Å². The molecule has 2 saturated heterocycles. The summed E-state index contributed by atoms with van der Waals surface area (Å²) in [6, 6.07) is 11.1. The summed E-state index contributed by atoms with van der Waals surface area (Å²) >= 11 is 7.42. The topological polar surface area (TPSA) is 85.8 Å². The van der Waals surface area contributed by atoms with Crippen LogP contribution in [0.4, 0.5) is 5.69 Å². The highest BCUT2D eigenvalue weighted by atomic mass is 79.9. The van der Waals surface area contributed by atoms with E-state index in [0.29, 0.717) is 19.0 Å². The van der Waals surface area contributed by atoms with Crippen LogP contribution in [-0.4, -0.2) is 65.6 Å². The maximum atomic E-state index is 12.1. The van der Waals surface area contributed by atoms with Gasteiger partial charge in [0.2, 0.25) is 5.91 Å². The van der Waals surface area contributed by atoms with Gasteiger partial charge in [0, 0.05) is 53.6 Å². The molecule has 1 atom stereocenters. The summed E-state index contributed by atoms with van der Waals surface area (Å²) in [5.74, 6) is -0.683. The van der Waals surface area contributed by atoms with Crippen molar-refractivity contribution in [2.45, 2.75) is 23.8 Å². The van der Waals surface area contributed by atoms with Crippen LogP contribution >= 0.6 is 28.6 Å². The third-order valence-electron chi connectivity index (χ3n) is 5.52. The number of piperazine rings is 1. The quantitative estimate of drug-likeness (QED) is 0.552. The summed E-state index contributed by atoms with van der Waals surface area (Å²) in [4.78, 5) is 32.3. The molecule has 0 spiro atoms. The Bertz CT molecular complexity index is 840. The highest BCUT2D eigenvalue weighted by molar-refractivity contribution is 9.10. The lowest BCUT2D eigenvalue weighted by Crippen LogP contribution is -2.59. The molecule has 0 aliphatic carbocycles. The van der Waals surface area contributed by atoms with Crippen LogP contribution in [0.25, 0.3) is 0 Å². The van der Waals surface area contributed by atoms with Gasteiger partial charge in [0.1, 0.15) is 6.04 Å². The van der Waals surface area contributed by atoms with Crippen molar-refractivity contribution in [3.05, 3.63) is 53.3 Å². The molecule has 7 nitrogen and oxygen atoms in total. The summed E-state index contributed by atoms with van der Waals surface area (Å²) in [6.45, 7) is 2.96. The number of thiol groups is 1. The molecule has 1 amide bonds. The van der Waals surface area contributed by atoms with Crippen LogP contribution in [0.1, 0.15) is 12.8 Å². The van der Waals surface area contributed by atoms with Gasteiger partial charge in [-0.05, 0) is 55.2 Å². The van der Waals surface area contributed by atoms with Crippen LogP contribution in [0.15, 0.2) is 58.2 Å². The molecule has 2 fully saturated rings. The molecule has 3 heterocycles. The molecule has 2 N–H and O–H groups in total. The van der Waals surface area contributed by atoms with E-state index in [-0.39, 0.29) is 12.5 Å². The van der Waals surface area contributed by atoms with Gasteiger partial charge < -0.3 is 20.2 Å². The summed E-state index contributed by atoms with van der Waals surface area (Å²) in [5, 5.41) is 12.2. The fourth-order valence-electron chi connectivity index (χ4n) is 3.80. The van der Waals surface area contributed by atoms with Crippen molar-refractivity contribution in [1.82, 2.24) is 15.2 Å². The number of rotatable bonds is 4. The number of nitrogens with one attached hydrogen (secondary N) is 1. The smallest absolute Gasteiger partial charge is 0.327 e. The highest BCUT2D eigenvalue weighted by Crippen LogP contribution is 2.24. The van der Waals surface area contributed by atoms with Crippen molar-refractivity contribution in [3.8, 4) is 0 Å². The summed E-state index contributed by atoms with van der Waals surface area (Å²) < 4.78 is 1.09. The number of carboxylic acid groups (broad SMARTS) is 1. The number of hydrogen-bond donors (Lipinski definition) is 3. The number of pyridine rings is 1. The van der Waals surface area contributed by atoms with Crippen molar-refractivity contribution in [2.75, 3.05) is 37.6 Å². The number of piperidine rings is 1. The van der Waals surface area contributed by atoms with Gasteiger partial charge >= 0.3 is 5.97 Å². The fourth-order valence-corrected chi connectivity index (χ4v) is 4.21. The number of benzene rings is 1. The van der Waals surface area contributed by atoms with Crippen LogP contribution in [0.2, 0.25) is 0 Å². The molecule has 2 aromatic rings. The number of aromatic nitrogens is 1. The van der Waals surface area contributed by atoms with E-state index in [9.17, 15) is 14.7 Å². The van der Waals surface area contributed by atoms with Gasteiger partial charge in [-0.15, -0.1) is 12.6 Å². The number of amides is 1. The van der Waals surface area contributed by atoms with Crippen LogP contribution < -0.4 is 10.2 Å². The standard InChI is InChI=1S/C16H22N4O3.C6H5BrS/c21-15-10-18-9-14(16(22)23)20(15)11-12-3-7-19(8-4-12)13-1-5-17-6-2-13;7-5-1-3-6(8)4-2-5/h1-2,5-6,12,14,18H,3-4,7-11H2,(H,22,23);1-4,8H. The van der Waals surface area contributed by atoms with E-state index in [4.69, 9.17) is 0 Å². The number of halogens is 1. The van der Waals surface area contributed by atoms with Crippen molar-refractivity contribution in [1.29, 1.82) is 0 Å². The average molecular weight is 507 g/mol. The third kappa shape index (κ3) is 6.95. The molecule has 0 radical (unpaired) electrons. The zero-order chi connectivity index (χ0) is 22.2. The molecule has 1 aromatic heterocycles. The van der Waals surface area contributed by atoms with Gasteiger partial charge in [-0.1, -0.05) is 15.9 Å².